The molecule has 1 aliphatic rings. The molecule has 2 heterocycles. The molecule has 0 atom stereocenters. The minimum absolute atomic E-state index is 0.0178. The molecule has 2 amide bonds. The Bertz CT molecular complexity index is 772. The molecular formula is C18H21N3O3S. The third kappa shape index (κ3) is 4.36. The van der Waals surface area contributed by atoms with E-state index in [0.717, 1.165) is 12.1 Å². The van der Waals surface area contributed by atoms with Crippen molar-refractivity contribution in [3.8, 4) is 0 Å². The molecule has 0 spiro atoms. The molecule has 6 nitrogen and oxygen atoms in total. The van der Waals surface area contributed by atoms with Crippen molar-refractivity contribution in [3.05, 3.63) is 40.9 Å². The number of nitrogens with zero attached hydrogens (tertiary/aromatic N) is 2. The van der Waals surface area contributed by atoms with Crippen LogP contribution in [-0.4, -0.2) is 30.1 Å². The van der Waals surface area contributed by atoms with Gasteiger partial charge in [-0.15, -0.1) is 11.3 Å². The molecule has 132 valence electrons. The molecule has 0 radical (unpaired) electrons. The third-order valence-electron chi connectivity index (χ3n) is 3.83. The van der Waals surface area contributed by atoms with Gasteiger partial charge in [0.1, 0.15) is 0 Å². The van der Waals surface area contributed by atoms with E-state index in [2.05, 4.69) is 16.4 Å². The molecule has 0 aliphatic carbocycles. The average Bonchev–Trinajstić information content (AvgIpc) is 3.19. The van der Waals surface area contributed by atoms with Crippen molar-refractivity contribution in [2.75, 3.05) is 23.4 Å². The maximum absolute atomic E-state index is 12.6. The number of para-hydroxylation sites is 1. The van der Waals surface area contributed by atoms with E-state index in [1.807, 2.05) is 32.0 Å². The van der Waals surface area contributed by atoms with Gasteiger partial charge in [0.25, 0.3) is 0 Å². The van der Waals surface area contributed by atoms with E-state index in [9.17, 15) is 9.59 Å². The van der Waals surface area contributed by atoms with Crippen LogP contribution in [0.1, 0.15) is 25.1 Å². The van der Waals surface area contributed by atoms with Gasteiger partial charge in [-0.3, -0.25) is 10.1 Å². The zero-order valence-electron chi connectivity index (χ0n) is 14.3. The molecule has 0 saturated heterocycles. The highest BCUT2D eigenvalue weighted by Gasteiger charge is 2.24. The molecule has 3 rings (SSSR count). The Morgan fingerprint density at radius 2 is 2.16 bits per heavy atom. The Balaban J connectivity index is 1.57. The number of ether oxygens (including phenoxy) is 1. The molecule has 7 heteroatoms. The minimum atomic E-state index is -0.519. The van der Waals surface area contributed by atoms with Crippen LogP contribution in [0.15, 0.2) is 29.6 Å². The topological polar surface area (TPSA) is 71.5 Å². The summed E-state index contributed by atoms with van der Waals surface area (Å²) < 4.78 is 5.06. The summed E-state index contributed by atoms with van der Waals surface area (Å²) in [6.45, 7) is 5.00. The van der Waals surface area contributed by atoms with E-state index in [4.69, 9.17) is 4.74 Å². The highest BCUT2D eigenvalue weighted by atomic mass is 32.1. The second-order valence-corrected chi connectivity index (χ2v) is 7.22. The van der Waals surface area contributed by atoms with Crippen molar-refractivity contribution >= 4 is 34.2 Å². The second-order valence-electron chi connectivity index (χ2n) is 6.36. The Kier molecular flexibility index (Phi) is 5.33. The van der Waals surface area contributed by atoms with Gasteiger partial charge in [0.2, 0.25) is 5.91 Å². The molecule has 1 aromatic carbocycles. The SMILES string of the molecule is CC(C)COC(=O)Nc1nc(CC(=O)N2CCc3ccccc32)cs1. The van der Waals surface area contributed by atoms with Crippen LogP contribution in [0.3, 0.4) is 0 Å². The van der Waals surface area contributed by atoms with Crippen LogP contribution in [0, 0.1) is 5.92 Å². The van der Waals surface area contributed by atoms with Crippen molar-refractivity contribution in [3.63, 3.8) is 0 Å². The normalized spacial score (nSPS) is 13.0. The van der Waals surface area contributed by atoms with Gasteiger partial charge in [-0.1, -0.05) is 32.0 Å². The summed E-state index contributed by atoms with van der Waals surface area (Å²) in [5.74, 6) is 0.294. The van der Waals surface area contributed by atoms with Crippen molar-refractivity contribution in [1.82, 2.24) is 4.98 Å². The molecular weight excluding hydrogens is 338 g/mol. The summed E-state index contributed by atoms with van der Waals surface area (Å²) in [6.07, 6.45) is 0.579. The fourth-order valence-electron chi connectivity index (χ4n) is 2.66. The third-order valence-corrected chi connectivity index (χ3v) is 4.64. The van der Waals surface area contributed by atoms with E-state index < -0.39 is 6.09 Å². The molecule has 0 fully saturated rings. The lowest BCUT2D eigenvalue weighted by atomic mass is 10.2. The summed E-state index contributed by atoms with van der Waals surface area (Å²) in [5.41, 5.74) is 2.83. The fraction of sp³-hybridized carbons (Fsp3) is 0.389. The maximum atomic E-state index is 12.6. The van der Waals surface area contributed by atoms with E-state index in [0.29, 0.717) is 24.0 Å². The lowest BCUT2D eigenvalue weighted by Gasteiger charge is -2.16. The molecule has 2 aromatic rings. The summed E-state index contributed by atoms with van der Waals surface area (Å²) in [4.78, 5) is 30.3. The number of fused-ring (bicyclic) bond motifs is 1. The molecule has 0 saturated carbocycles. The van der Waals surface area contributed by atoms with Crippen LogP contribution in [0.2, 0.25) is 0 Å². The summed E-state index contributed by atoms with van der Waals surface area (Å²) >= 11 is 1.29. The van der Waals surface area contributed by atoms with Crippen LogP contribution in [0.5, 0.6) is 0 Å². The largest absolute Gasteiger partial charge is 0.449 e. The molecule has 25 heavy (non-hydrogen) atoms. The van der Waals surface area contributed by atoms with Crippen LogP contribution in [-0.2, 0) is 22.4 Å². The maximum Gasteiger partial charge on any atom is 0.413 e. The van der Waals surface area contributed by atoms with Crippen molar-refractivity contribution in [1.29, 1.82) is 0 Å². The summed E-state index contributed by atoms with van der Waals surface area (Å²) in [7, 11) is 0. The lowest BCUT2D eigenvalue weighted by Crippen LogP contribution is -2.30. The zero-order chi connectivity index (χ0) is 17.8. The molecule has 1 aromatic heterocycles. The number of rotatable bonds is 5. The average molecular weight is 359 g/mol. The van der Waals surface area contributed by atoms with E-state index in [1.165, 1.54) is 16.9 Å². The van der Waals surface area contributed by atoms with Gasteiger partial charge in [0.15, 0.2) is 5.13 Å². The summed E-state index contributed by atoms with van der Waals surface area (Å²) in [6, 6.07) is 7.96. The number of hydrogen-bond acceptors (Lipinski definition) is 5. The Morgan fingerprint density at radius 3 is 2.96 bits per heavy atom. The number of aromatic nitrogens is 1. The zero-order valence-corrected chi connectivity index (χ0v) is 15.1. The smallest absolute Gasteiger partial charge is 0.413 e. The Morgan fingerprint density at radius 1 is 1.36 bits per heavy atom. The first-order chi connectivity index (χ1) is 12.0. The van der Waals surface area contributed by atoms with Crippen LogP contribution in [0.25, 0.3) is 0 Å². The molecule has 1 N–H and O–H groups in total. The van der Waals surface area contributed by atoms with Crippen LogP contribution >= 0.6 is 11.3 Å². The molecule has 0 bridgehead atoms. The van der Waals surface area contributed by atoms with Gasteiger partial charge in [0.05, 0.1) is 18.7 Å². The number of carbonyl (C=O) groups is 2. The van der Waals surface area contributed by atoms with Crippen LogP contribution < -0.4 is 10.2 Å². The quantitative estimate of drug-likeness (QED) is 0.887. The first-order valence-electron chi connectivity index (χ1n) is 8.29. The number of carbonyl (C=O) groups excluding carboxylic acids is 2. The van der Waals surface area contributed by atoms with Gasteiger partial charge in [-0.25, -0.2) is 9.78 Å². The summed E-state index contributed by atoms with van der Waals surface area (Å²) in [5, 5.41) is 4.83. The van der Waals surface area contributed by atoms with Gasteiger partial charge < -0.3 is 9.64 Å². The number of benzene rings is 1. The van der Waals surface area contributed by atoms with Gasteiger partial charge in [0, 0.05) is 17.6 Å². The van der Waals surface area contributed by atoms with Gasteiger partial charge in [-0.2, -0.15) is 0 Å². The highest BCUT2D eigenvalue weighted by molar-refractivity contribution is 7.13. The number of nitrogens with one attached hydrogen (secondary N) is 1. The minimum Gasteiger partial charge on any atom is -0.449 e. The standard InChI is InChI=1S/C18H21N3O3S/c1-12(2)10-24-18(23)20-17-19-14(11-25-17)9-16(22)21-8-7-13-5-3-4-6-15(13)21/h3-6,11-12H,7-10H2,1-2H3,(H,19,20,23). The monoisotopic (exact) mass is 359 g/mol. The second kappa shape index (κ2) is 7.65. The fourth-order valence-corrected chi connectivity index (χ4v) is 3.35. The Hall–Kier alpha value is -2.41. The number of anilines is 2. The van der Waals surface area contributed by atoms with E-state index >= 15 is 0 Å². The van der Waals surface area contributed by atoms with E-state index in [1.54, 1.807) is 10.3 Å². The van der Waals surface area contributed by atoms with Crippen LogP contribution in [0.4, 0.5) is 15.6 Å². The van der Waals surface area contributed by atoms with Gasteiger partial charge >= 0.3 is 6.09 Å². The molecule has 0 unspecified atom stereocenters. The number of hydrogen-bond donors (Lipinski definition) is 1. The first kappa shape index (κ1) is 17.4. The van der Waals surface area contributed by atoms with E-state index in [-0.39, 0.29) is 18.2 Å². The predicted molar refractivity (Wildman–Crippen MR) is 98.1 cm³/mol. The number of thiazole rings is 1. The predicted octanol–water partition coefficient (Wildman–Crippen LogP) is 3.48. The van der Waals surface area contributed by atoms with Crippen molar-refractivity contribution in [2.45, 2.75) is 26.7 Å². The lowest BCUT2D eigenvalue weighted by molar-refractivity contribution is -0.117. The molecule has 1 aliphatic heterocycles. The highest BCUT2D eigenvalue weighted by Crippen LogP contribution is 2.28. The van der Waals surface area contributed by atoms with Gasteiger partial charge in [-0.05, 0) is 24.0 Å². The van der Waals surface area contributed by atoms with Crippen molar-refractivity contribution < 1.29 is 14.3 Å². The van der Waals surface area contributed by atoms with Crippen molar-refractivity contribution in [2.24, 2.45) is 5.92 Å². The number of amides is 2. The first-order valence-corrected chi connectivity index (χ1v) is 9.17. The Labute approximate surface area is 150 Å².